The van der Waals surface area contributed by atoms with E-state index in [1.54, 1.807) is 18.2 Å². The molecule has 2 heterocycles. The molecule has 0 N–H and O–H groups in total. The summed E-state index contributed by atoms with van der Waals surface area (Å²) in [6.07, 6.45) is 0. The zero-order valence-electron chi connectivity index (χ0n) is 15.4. The second kappa shape index (κ2) is 8.50. The number of nitro groups is 1. The molecule has 0 spiro atoms. The summed E-state index contributed by atoms with van der Waals surface area (Å²) in [4.78, 5) is 11.7. The molecule has 0 unspecified atom stereocenters. The summed E-state index contributed by atoms with van der Waals surface area (Å²) in [6.45, 7) is 2.67. The quantitative estimate of drug-likeness (QED) is 0.241. The smallest absolute Gasteiger partial charge is 0.273 e. The van der Waals surface area contributed by atoms with Gasteiger partial charge >= 0.3 is 0 Å². The second-order valence-electron chi connectivity index (χ2n) is 6.04. The molecule has 29 heavy (non-hydrogen) atoms. The monoisotopic (exact) mass is 424 g/mol. The SMILES string of the molecule is CCn1c(SCc2ccccc2[N+](=O)[O-])nnc1-c1snnc1-c1ccccc1. The zero-order valence-corrected chi connectivity index (χ0v) is 17.1. The van der Waals surface area contributed by atoms with E-state index in [0.717, 1.165) is 16.1 Å². The Morgan fingerprint density at radius 3 is 2.59 bits per heavy atom. The van der Waals surface area contributed by atoms with Crippen molar-refractivity contribution in [2.45, 2.75) is 24.4 Å². The molecule has 0 bridgehead atoms. The van der Waals surface area contributed by atoms with Gasteiger partial charge in [-0.25, -0.2) is 0 Å². The third-order valence-electron chi connectivity index (χ3n) is 4.32. The molecule has 0 aliphatic carbocycles. The predicted octanol–water partition coefficient (Wildman–Crippen LogP) is 4.68. The Kier molecular flexibility index (Phi) is 5.63. The summed E-state index contributed by atoms with van der Waals surface area (Å²) in [5, 5.41) is 24.9. The zero-order chi connectivity index (χ0) is 20.2. The number of thioether (sulfide) groups is 1. The van der Waals surface area contributed by atoms with Crippen molar-refractivity contribution < 1.29 is 4.92 Å². The molecule has 0 saturated heterocycles. The molecular weight excluding hydrogens is 408 g/mol. The maximum atomic E-state index is 11.2. The van der Waals surface area contributed by atoms with Crippen LogP contribution in [0.15, 0.2) is 59.8 Å². The topological polar surface area (TPSA) is 99.6 Å². The van der Waals surface area contributed by atoms with Gasteiger partial charge in [0, 0.05) is 29.5 Å². The van der Waals surface area contributed by atoms with Crippen LogP contribution in [0.25, 0.3) is 22.0 Å². The molecule has 4 rings (SSSR count). The highest BCUT2D eigenvalue weighted by atomic mass is 32.2. The fraction of sp³-hybridized carbons (Fsp3) is 0.158. The van der Waals surface area contributed by atoms with Crippen LogP contribution in [0, 0.1) is 10.1 Å². The summed E-state index contributed by atoms with van der Waals surface area (Å²) >= 11 is 2.70. The normalized spacial score (nSPS) is 10.9. The van der Waals surface area contributed by atoms with Gasteiger partial charge in [0.1, 0.15) is 10.6 Å². The molecule has 0 aliphatic rings. The molecule has 0 fully saturated rings. The molecule has 2 aromatic carbocycles. The Morgan fingerprint density at radius 1 is 1.07 bits per heavy atom. The Balaban J connectivity index is 1.64. The van der Waals surface area contributed by atoms with Crippen LogP contribution in [-0.2, 0) is 12.3 Å². The summed E-state index contributed by atoms with van der Waals surface area (Å²) < 4.78 is 6.10. The van der Waals surface area contributed by atoms with Gasteiger partial charge < -0.3 is 4.57 Å². The number of hydrogen-bond donors (Lipinski definition) is 0. The van der Waals surface area contributed by atoms with Gasteiger partial charge in [-0.15, -0.1) is 15.3 Å². The van der Waals surface area contributed by atoms with Gasteiger partial charge in [-0.1, -0.05) is 64.8 Å². The first-order valence-corrected chi connectivity index (χ1v) is 10.6. The first-order valence-electron chi connectivity index (χ1n) is 8.85. The van der Waals surface area contributed by atoms with Crippen molar-refractivity contribution in [1.82, 2.24) is 24.4 Å². The van der Waals surface area contributed by atoms with Crippen LogP contribution >= 0.6 is 23.3 Å². The molecule has 0 atom stereocenters. The lowest BCUT2D eigenvalue weighted by atomic mass is 10.1. The number of rotatable bonds is 7. The molecule has 10 heteroatoms. The summed E-state index contributed by atoms with van der Waals surface area (Å²) in [5.41, 5.74) is 2.50. The molecule has 0 saturated carbocycles. The molecule has 0 radical (unpaired) electrons. The molecule has 2 aromatic heterocycles. The van der Waals surface area contributed by atoms with Gasteiger partial charge in [-0.3, -0.25) is 10.1 Å². The predicted molar refractivity (Wildman–Crippen MR) is 113 cm³/mol. The van der Waals surface area contributed by atoms with Gasteiger partial charge in [-0.2, -0.15) is 0 Å². The van der Waals surface area contributed by atoms with Crippen molar-refractivity contribution in [2.24, 2.45) is 0 Å². The average Bonchev–Trinajstić information content (AvgIpc) is 3.39. The van der Waals surface area contributed by atoms with Crippen molar-refractivity contribution in [2.75, 3.05) is 0 Å². The summed E-state index contributed by atoms with van der Waals surface area (Å²) in [5.74, 6) is 1.13. The van der Waals surface area contributed by atoms with Gasteiger partial charge in [0.2, 0.25) is 0 Å². The standard InChI is InChI=1S/C19H16N6O2S2/c1-2-24-18(17-16(20-23-29-17)13-8-4-3-5-9-13)21-22-19(24)28-12-14-10-6-7-11-15(14)25(26)27/h3-11H,2,12H2,1H3. The first kappa shape index (κ1) is 19.2. The van der Waals surface area contributed by atoms with Crippen LogP contribution in [0.1, 0.15) is 12.5 Å². The van der Waals surface area contributed by atoms with E-state index in [4.69, 9.17) is 0 Å². The Morgan fingerprint density at radius 2 is 1.83 bits per heavy atom. The lowest BCUT2D eigenvalue weighted by Crippen LogP contribution is -2.00. The molecule has 146 valence electrons. The van der Waals surface area contributed by atoms with Crippen LogP contribution in [0.3, 0.4) is 0 Å². The third kappa shape index (κ3) is 3.89. The van der Waals surface area contributed by atoms with Crippen molar-refractivity contribution in [3.05, 3.63) is 70.3 Å². The Labute approximate surface area is 174 Å². The van der Waals surface area contributed by atoms with Gasteiger partial charge in [0.25, 0.3) is 5.69 Å². The van der Waals surface area contributed by atoms with E-state index in [9.17, 15) is 10.1 Å². The van der Waals surface area contributed by atoms with E-state index in [2.05, 4.69) is 19.8 Å². The minimum absolute atomic E-state index is 0.112. The Hall–Kier alpha value is -3.11. The molecular formula is C19H16N6O2S2. The number of aromatic nitrogens is 5. The van der Waals surface area contributed by atoms with Crippen LogP contribution in [-0.4, -0.2) is 29.3 Å². The number of hydrogen-bond acceptors (Lipinski definition) is 8. The van der Waals surface area contributed by atoms with E-state index in [0.29, 0.717) is 28.8 Å². The minimum Gasteiger partial charge on any atom is -0.302 e. The largest absolute Gasteiger partial charge is 0.302 e. The number of benzene rings is 2. The van der Waals surface area contributed by atoms with Gasteiger partial charge in [0.15, 0.2) is 11.0 Å². The first-order chi connectivity index (χ1) is 14.2. The Bertz CT molecular complexity index is 1140. The average molecular weight is 425 g/mol. The highest BCUT2D eigenvalue weighted by Gasteiger charge is 2.21. The lowest BCUT2D eigenvalue weighted by molar-refractivity contribution is -0.385. The van der Waals surface area contributed by atoms with E-state index >= 15 is 0 Å². The number of para-hydroxylation sites is 1. The van der Waals surface area contributed by atoms with E-state index in [1.165, 1.54) is 29.4 Å². The third-order valence-corrected chi connectivity index (χ3v) is 6.05. The molecule has 0 amide bonds. The maximum absolute atomic E-state index is 11.2. The van der Waals surface area contributed by atoms with Crippen molar-refractivity contribution >= 4 is 29.0 Å². The van der Waals surface area contributed by atoms with Crippen molar-refractivity contribution in [1.29, 1.82) is 0 Å². The van der Waals surface area contributed by atoms with Crippen molar-refractivity contribution in [3.63, 3.8) is 0 Å². The molecule has 4 aromatic rings. The summed E-state index contributed by atoms with van der Waals surface area (Å²) in [7, 11) is 0. The van der Waals surface area contributed by atoms with Crippen LogP contribution in [0.5, 0.6) is 0 Å². The van der Waals surface area contributed by atoms with Crippen LogP contribution in [0.4, 0.5) is 5.69 Å². The summed E-state index contributed by atoms with van der Waals surface area (Å²) in [6, 6.07) is 16.6. The fourth-order valence-electron chi connectivity index (χ4n) is 2.92. The number of nitrogens with zero attached hydrogens (tertiary/aromatic N) is 6. The van der Waals surface area contributed by atoms with E-state index in [-0.39, 0.29) is 10.6 Å². The minimum atomic E-state index is -0.360. The molecule has 0 aliphatic heterocycles. The van der Waals surface area contributed by atoms with Crippen LogP contribution in [0.2, 0.25) is 0 Å². The fourth-order valence-corrected chi connectivity index (χ4v) is 4.60. The van der Waals surface area contributed by atoms with Gasteiger partial charge in [-0.05, 0) is 18.5 Å². The van der Waals surface area contributed by atoms with E-state index in [1.807, 2.05) is 41.8 Å². The highest BCUT2D eigenvalue weighted by Crippen LogP contribution is 2.35. The van der Waals surface area contributed by atoms with Crippen LogP contribution < -0.4 is 0 Å². The maximum Gasteiger partial charge on any atom is 0.273 e. The lowest BCUT2D eigenvalue weighted by Gasteiger charge is -2.07. The number of nitro benzene ring substituents is 1. The second-order valence-corrected chi connectivity index (χ2v) is 7.74. The highest BCUT2D eigenvalue weighted by molar-refractivity contribution is 7.98. The van der Waals surface area contributed by atoms with Crippen molar-refractivity contribution in [3.8, 4) is 22.0 Å². The van der Waals surface area contributed by atoms with Gasteiger partial charge in [0.05, 0.1) is 4.92 Å². The molecule has 8 nitrogen and oxygen atoms in total. The van der Waals surface area contributed by atoms with E-state index < -0.39 is 0 Å².